The Labute approximate surface area is 161 Å². The average Bonchev–Trinajstić information content (AvgIpc) is 3.17. The Morgan fingerprint density at radius 3 is 2.32 bits per heavy atom. The number of hydrogen-bond acceptors (Lipinski definition) is 7. The van der Waals surface area contributed by atoms with Crippen LogP contribution in [0.15, 0.2) is 48.8 Å². The highest BCUT2D eigenvalue weighted by atomic mass is 16.5. The van der Waals surface area contributed by atoms with Gasteiger partial charge < -0.3 is 24.5 Å². The minimum absolute atomic E-state index is 0.401. The van der Waals surface area contributed by atoms with Crippen molar-refractivity contribution in [2.75, 3.05) is 26.6 Å². The molecule has 2 N–H and O–H groups in total. The second-order valence-electron chi connectivity index (χ2n) is 5.94. The smallest absolute Gasteiger partial charge is 0.230 e. The summed E-state index contributed by atoms with van der Waals surface area (Å²) < 4.78 is 16.1. The minimum atomic E-state index is 0.401. The fourth-order valence-corrected chi connectivity index (χ4v) is 2.96. The van der Waals surface area contributed by atoms with Crippen molar-refractivity contribution >= 4 is 22.5 Å². The zero-order chi connectivity index (χ0) is 19.5. The van der Waals surface area contributed by atoms with Gasteiger partial charge in [-0.25, -0.2) is 9.97 Å². The van der Waals surface area contributed by atoms with Crippen molar-refractivity contribution in [2.24, 2.45) is 0 Å². The van der Waals surface area contributed by atoms with Crippen molar-refractivity contribution in [1.29, 1.82) is 0 Å². The number of methoxy groups -OCH3 is 3. The van der Waals surface area contributed by atoms with Gasteiger partial charge in [-0.05, 0) is 12.1 Å². The van der Waals surface area contributed by atoms with Gasteiger partial charge in [0.2, 0.25) is 11.7 Å². The number of aromatic amines is 1. The van der Waals surface area contributed by atoms with Crippen LogP contribution in [-0.4, -0.2) is 41.3 Å². The number of aromatic nitrogens is 4. The number of ether oxygens (including phenoxy) is 3. The first-order chi connectivity index (χ1) is 13.7. The molecule has 0 amide bonds. The molecule has 142 valence electrons. The van der Waals surface area contributed by atoms with Gasteiger partial charge in [-0.3, -0.25) is 0 Å². The third-order valence-corrected chi connectivity index (χ3v) is 4.26. The summed E-state index contributed by atoms with van der Waals surface area (Å²) in [5.41, 5.74) is 2.54. The molecule has 2 heterocycles. The number of para-hydroxylation sites is 1. The molecule has 0 spiro atoms. The molecular formula is C20H19N5O3. The number of nitrogens with one attached hydrogen (secondary N) is 2. The maximum Gasteiger partial charge on any atom is 0.230 e. The first kappa shape index (κ1) is 17.6. The molecule has 8 heteroatoms. The number of nitrogens with zero attached hydrogens (tertiary/aromatic N) is 3. The summed E-state index contributed by atoms with van der Waals surface area (Å²) in [7, 11) is 4.70. The number of fused-ring (bicyclic) bond motifs is 1. The lowest BCUT2D eigenvalue weighted by Gasteiger charge is -2.14. The summed E-state index contributed by atoms with van der Waals surface area (Å²) in [6, 6.07) is 13.6. The fourth-order valence-electron chi connectivity index (χ4n) is 2.96. The molecule has 0 fully saturated rings. The van der Waals surface area contributed by atoms with E-state index in [2.05, 4.69) is 25.3 Å². The molecule has 4 rings (SSSR count). The van der Waals surface area contributed by atoms with Crippen molar-refractivity contribution in [3.05, 3.63) is 48.8 Å². The predicted molar refractivity (Wildman–Crippen MR) is 107 cm³/mol. The van der Waals surface area contributed by atoms with Crippen molar-refractivity contribution in [2.45, 2.75) is 0 Å². The lowest BCUT2D eigenvalue weighted by molar-refractivity contribution is 0.324. The van der Waals surface area contributed by atoms with Crippen LogP contribution in [0.2, 0.25) is 0 Å². The highest BCUT2D eigenvalue weighted by Gasteiger charge is 2.14. The molecule has 0 saturated heterocycles. The van der Waals surface area contributed by atoms with E-state index < -0.39 is 0 Å². The Morgan fingerprint density at radius 2 is 1.64 bits per heavy atom. The number of hydrogen-bond donors (Lipinski definition) is 2. The van der Waals surface area contributed by atoms with E-state index in [4.69, 9.17) is 14.2 Å². The van der Waals surface area contributed by atoms with Gasteiger partial charge in [0.05, 0.1) is 27.0 Å². The van der Waals surface area contributed by atoms with Gasteiger partial charge in [0.15, 0.2) is 17.3 Å². The Morgan fingerprint density at radius 1 is 0.893 bits per heavy atom. The average molecular weight is 377 g/mol. The molecule has 0 saturated carbocycles. The SMILES string of the molecule is COc1cc(Nc2ncnc(-c3cc4ccccc4[nH]3)n2)cc(OC)c1OC. The Hall–Kier alpha value is -3.81. The largest absolute Gasteiger partial charge is 0.493 e. The van der Waals surface area contributed by atoms with Crippen LogP contribution in [0.3, 0.4) is 0 Å². The van der Waals surface area contributed by atoms with Crippen LogP contribution in [0, 0.1) is 0 Å². The summed E-state index contributed by atoms with van der Waals surface area (Å²) in [4.78, 5) is 16.3. The van der Waals surface area contributed by atoms with Crippen LogP contribution < -0.4 is 19.5 Å². The number of benzene rings is 2. The van der Waals surface area contributed by atoms with E-state index in [1.165, 1.54) is 6.33 Å². The molecule has 0 radical (unpaired) electrons. The lowest BCUT2D eigenvalue weighted by Crippen LogP contribution is -2.02. The van der Waals surface area contributed by atoms with Crippen molar-refractivity contribution in [3.8, 4) is 28.8 Å². The molecule has 0 unspecified atom stereocenters. The number of anilines is 2. The topological polar surface area (TPSA) is 94.2 Å². The van der Waals surface area contributed by atoms with Gasteiger partial charge in [-0.15, -0.1) is 0 Å². The van der Waals surface area contributed by atoms with Crippen LogP contribution >= 0.6 is 0 Å². The summed E-state index contributed by atoms with van der Waals surface area (Å²) in [6.07, 6.45) is 1.47. The molecule has 0 atom stereocenters. The summed E-state index contributed by atoms with van der Waals surface area (Å²) >= 11 is 0. The van der Waals surface area contributed by atoms with Crippen LogP contribution in [0.4, 0.5) is 11.6 Å². The number of H-pyrrole nitrogens is 1. The summed E-state index contributed by atoms with van der Waals surface area (Å²) in [6.45, 7) is 0. The normalized spacial score (nSPS) is 10.7. The van der Waals surface area contributed by atoms with Crippen molar-refractivity contribution in [1.82, 2.24) is 19.9 Å². The first-order valence-electron chi connectivity index (χ1n) is 8.56. The van der Waals surface area contributed by atoms with Gasteiger partial charge >= 0.3 is 0 Å². The van der Waals surface area contributed by atoms with E-state index in [0.29, 0.717) is 34.7 Å². The second kappa shape index (κ2) is 7.43. The summed E-state index contributed by atoms with van der Waals surface area (Å²) in [5.74, 6) is 2.53. The molecule has 28 heavy (non-hydrogen) atoms. The molecule has 0 aliphatic rings. The Bertz CT molecular complexity index is 1070. The van der Waals surface area contributed by atoms with Crippen molar-refractivity contribution < 1.29 is 14.2 Å². The molecule has 2 aromatic carbocycles. The van der Waals surface area contributed by atoms with E-state index in [0.717, 1.165) is 16.6 Å². The Balaban J connectivity index is 1.67. The van der Waals surface area contributed by atoms with Gasteiger partial charge in [-0.1, -0.05) is 18.2 Å². The monoisotopic (exact) mass is 377 g/mol. The minimum Gasteiger partial charge on any atom is -0.493 e. The quantitative estimate of drug-likeness (QED) is 0.528. The van der Waals surface area contributed by atoms with Gasteiger partial charge in [0.25, 0.3) is 0 Å². The zero-order valence-corrected chi connectivity index (χ0v) is 15.7. The van der Waals surface area contributed by atoms with Gasteiger partial charge in [0.1, 0.15) is 6.33 Å². The van der Waals surface area contributed by atoms with Crippen LogP contribution in [-0.2, 0) is 0 Å². The zero-order valence-electron chi connectivity index (χ0n) is 15.7. The van der Waals surface area contributed by atoms with Gasteiger partial charge in [0, 0.05) is 28.7 Å². The third kappa shape index (κ3) is 3.27. The van der Waals surface area contributed by atoms with Crippen LogP contribution in [0.25, 0.3) is 22.4 Å². The second-order valence-corrected chi connectivity index (χ2v) is 5.94. The first-order valence-corrected chi connectivity index (χ1v) is 8.56. The van der Waals surface area contributed by atoms with E-state index in [-0.39, 0.29) is 0 Å². The molecule has 8 nitrogen and oxygen atoms in total. The number of rotatable bonds is 6. The van der Waals surface area contributed by atoms with E-state index in [9.17, 15) is 0 Å². The highest BCUT2D eigenvalue weighted by molar-refractivity contribution is 5.84. The standard InChI is InChI=1S/C20H19N5O3/c1-26-16-9-13(10-17(27-2)18(16)28-3)23-20-22-11-21-19(25-20)15-8-12-6-4-5-7-14(12)24-15/h4-11,24H,1-3H3,(H,21,22,23,25). The van der Waals surface area contributed by atoms with E-state index in [1.54, 1.807) is 33.5 Å². The molecule has 2 aromatic heterocycles. The molecular weight excluding hydrogens is 358 g/mol. The molecule has 4 aromatic rings. The van der Waals surface area contributed by atoms with Gasteiger partial charge in [-0.2, -0.15) is 4.98 Å². The molecule has 0 aliphatic carbocycles. The van der Waals surface area contributed by atoms with Crippen LogP contribution in [0.1, 0.15) is 0 Å². The highest BCUT2D eigenvalue weighted by Crippen LogP contribution is 2.40. The summed E-state index contributed by atoms with van der Waals surface area (Å²) in [5, 5.41) is 4.25. The third-order valence-electron chi connectivity index (χ3n) is 4.26. The van der Waals surface area contributed by atoms with E-state index in [1.807, 2.05) is 30.3 Å². The van der Waals surface area contributed by atoms with E-state index >= 15 is 0 Å². The Kier molecular flexibility index (Phi) is 4.67. The predicted octanol–water partition coefficient (Wildman–Crippen LogP) is 3.79. The van der Waals surface area contributed by atoms with Crippen molar-refractivity contribution in [3.63, 3.8) is 0 Å². The maximum absolute atomic E-state index is 5.38. The molecule has 0 aliphatic heterocycles. The molecule has 0 bridgehead atoms. The maximum atomic E-state index is 5.38. The van der Waals surface area contributed by atoms with Crippen LogP contribution in [0.5, 0.6) is 17.2 Å². The lowest BCUT2D eigenvalue weighted by atomic mass is 10.2. The fraction of sp³-hybridized carbons (Fsp3) is 0.150.